The minimum absolute atomic E-state index is 0.0857. The van der Waals surface area contributed by atoms with Crippen LogP contribution in [0.15, 0.2) is 27.6 Å². The number of aromatic carboxylic acids is 1. The first-order valence-electron chi connectivity index (χ1n) is 6.26. The maximum Gasteiger partial charge on any atom is 0.337 e. The van der Waals surface area contributed by atoms with Crippen molar-refractivity contribution < 1.29 is 14.4 Å². The summed E-state index contributed by atoms with van der Waals surface area (Å²) in [5.41, 5.74) is -0.0778. The van der Waals surface area contributed by atoms with Gasteiger partial charge in [-0.05, 0) is 18.2 Å². The normalized spacial score (nSPS) is 11.6. The van der Waals surface area contributed by atoms with Crippen LogP contribution in [0.1, 0.15) is 42.8 Å². The molecule has 0 saturated heterocycles. The molecule has 5 nitrogen and oxygen atoms in total. The number of rotatable bonds is 4. The Balaban J connectivity index is 2.08. The van der Waals surface area contributed by atoms with Crippen molar-refractivity contribution in [3.8, 4) is 0 Å². The molecule has 0 saturated carbocycles. The van der Waals surface area contributed by atoms with Gasteiger partial charge in [0.1, 0.15) is 0 Å². The number of carboxylic acids is 1. The van der Waals surface area contributed by atoms with Crippen molar-refractivity contribution in [1.82, 2.24) is 10.1 Å². The van der Waals surface area contributed by atoms with Crippen LogP contribution in [0.2, 0.25) is 5.02 Å². The van der Waals surface area contributed by atoms with Crippen LogP contribution >= 0.6 is 23.4 Å². The number of thioether (sulfide) groups is 1. The molecule has 0 bridgehead atoms. The molecule has 1 aromatic heterocycles. The average Bonchev–Trinajstić information content (AvgIpc) is 2.86. The lowest BCUT2D eigenvalue weighted by atomic mass is 9.96. The summed E-state index contributed by atoms with van der Waals surface area (Å²) in [6.07, 6.45) is 0. The smallest absolute Gasteiger partial charge is 0.337 e. The van der Waals surface area contributed by atoms with Crippen LogP contribution < -0.4 is 0 Å². The summed E-state index contributed by atoms with van der Waals surface area (Å²) in [5.74, 6) is 0.594. The van der Waals surface area contributed by atoms with Crippen molar-refractivity contribution in [3.63, 3.8) is 0 Å². The first-order chi connectivity index (χ1) is 9.77. The topological polar surface area (TPSA) is 76.2 Å². The highest BCUT2D eigenvalue weighted by Gasteiger charge is 2.21. The van der Waals surface area contributed by atoms with Crippen LogP contribution in [0.3, 0.4) is 0 Å². The Morgan fingerprint density at radius 2 is 2.14 bits per heavy atom. The fourth-order valence-electron chi connectivity index (χ4n) is 1.52. The van der Waals surface area contributed by atoms with E-state index >= 15 is 0 Å². The minimum Gasteiger partial charge on any atom is -0.478 e. The van der Waals surface area contributed by atoms with Gasteiger partial charge in [0.05, 0.1) is 16.3 Å². The van der Waals surface area contributed by atoms with Crippen molar-refractivity contribution in [1.29, 1.82) is 0 Å². The number of nitrogens with zero attached hydrogens (tertiary/aromatic N) is 2. The highest BCUT2D eigenvalue weighted by atomic mass is 35.5. The van der Waals surface area contributed by atoms with Crippen LogP contribution in [0.4, 0.5) is 0 Å². The standard InChI is InChI=1S/C14H15ClN2O3S/c1-14(2,3)13-16-11(20-17-13)7-21-8-4-5-10(15)9(6-8)12(18)19/h4-6H,7H2,1-3H3,(H,18,19). The number of halogens is 1. The number of carboxylic acid groups (broad SMARTS) is 1. The number of benzene rings is 1. The molecular formula is C14H15ClN2O3S. The quantitative estimate of drug-likeness (QED) is 0.855. The SMILES string of the molecule is CC(C)(C)c1noc(CSc2ccc(Cl)c(C(=O)O)c2)n1. The van der Waals surface area contributed by atoms with Gasteiger partial charge in [-0.15, -0.1) is 11.8 Å². The van der Waals surface area contributed by atoms with E-state index in [-0.39, 0.29) is 16.0 Å². The third-order valence-corrected chi connectivity index (χ3v) is 3.98. The van der Waals surface area contributed by atoms with Crippen molar-refractivity contribution in [2.24, 2.45) is 0 Å². The minimum atomic E-state index is -1.05. The van der Waals surface area contributed by atoms with Crippen LogP contribution in [-0.2, 0) is 11.2 Å². The summed E-state index contributed by atoms with van der Waals surface area (Å²) >= 11 is 7.25. The number of aromatic nitrogens is 2. The Hall–Kier alpha value is -1.53. The summed E-state index contributed by atoms with van der Waals surface area (Å²) in [7, 11) is 0. The Labute approximate surface area is 131 Å². The molecule has 2 aromatic rings. The molecule has 0 spiro atoms. The molecule has 0 fully saturated rings. The molecule has 21 heavy (non-hydrogen) atoms. The summed E-state index contributed by atoms with van der Waals surface area (Å²) in [6.45, 7) is 6.02. The highest BCUT2D eigenvalue weighted by Crippen LogP contribution is 2.27. The molecule has 0 radical (unpaired) electrons. The van der Waals surface area contributed by atoms with Gasteiger partial charge in [0, 0.05) is 10.3 Å². The molecule has 0 amide bonds. The monoisotopic (exact) mass is 326 g/mol. The average molecular weight is 327 g/mol. The Morgan fingerprint density at radius 3 is 2.71 bits per heavy atom. The molecule has 1 N–H and O–H groups in total. The van der Waals surface area contributed by atoms with E-state index in [1.165, 1.54) is 17.8 Å². The summed E-state index contributed by atoms with van der Waals surface area (Å²) < 4.78 is 5.19. The maximum absolute atomic E-state index is 11.0. The zero-order valence-corrected chi connectivity index (χ0v) is 13.5. The lowest BCUT2D eigenvalue weighted by molar-refractivity contribution is 0.0697. The van der Waals surface area contributed by atoms with Gasteiger partial charge in [-0.1, -0.05) is 37.5 Å². The predicted molar refractivity (Wildman–Crippen MR) is 81.0 cm³/mol. The maximum atomic E-state index is 11.0. The van der Waals surface area contributed by atoms with Gasteiger partial charge in [-0.2, -0.15) is 4.98 Å². The molecule has 0 aliphatic heterocycles. The van der Waals surface area contributed by atoms with E-state index in [9.17, 15) is 4.79 Å². The molecule has 0 unspecified atom stereocenters. The first kappa shape index (κ1) is 15.9. The third-order valence-electron chi connectivity index (χ3n) is 2.67. The van der Waals surface area contributed by atoms with Gasteiger partial charge in [0.25, 0.3) is 0 Å². The number of hydrogen-bond acceptors (Lipinski definition) is 5. The molecular weight excluding hydrogens is 312 g/mol. The molecule has 0 aliphatic carbocycles. The fourth-order valence-corrected chi connectivity index (χ4v) is 2.49. The van der Waals surface area contributed by atoms with E-state index in [2.05, 4.69) is 10.1 Å². The summed E-state index contributed by atoms with van der Waals surface area (Å²) in [6, 6.07) is 4.87. The van der Waals surface area contributed by atoms with Crippen LogP contribution in [0.25, 0.3) is 0 Å². The molecule has 1 heterocycles. The second-order valence-corrected chi connectivity index (χ2v) is 6.95. The third kappa shape index (κ3) is 3.98. The largest absolute Gasteiger partial charge is 0.478 e. The number of carbonyl (C=O) groups is 1. The van der Waals surface area contributed by atoms with E-state index in [4.69, 9.17) is 21.2 Å². The summed E-state index contributed by atoms with van der Waals surface area (Å²) in [4.78, 5) is 16.1. The molecule has 0 atom stereocenters. The van der Waals surface area contributed by atoms with Gasteiger partial charge in [-0.3, -0.25) is 0 Å². The van der Waals surface area contributed by atoms with Gasteiger partial charge >= 0.3 is 5.97 Å². The van der Waals surface area contributed by atoms with Gasteiger partial charge in [0.2, 0.25) is 5.89 Å². The lowest BCUT2D eigenvalue weighted by Crippen LogP contribution is -2.13. The van der Waals surface area contributed by atoms with Gasteiger partial charge in [-0.25, -0.2) is 4.79 Å². The van der Waals surface area contributed by atoms with E-state index in [1.807, 2.05) is 20.8 Å². The van der Waals surface area contributed by atoms with E-state index < -0.39 is 5.97 Å². The van der Waals surface area contributed by atoms with Crippen LogP contribution in [0, 0.1) is 0 Å². The zero-order valence-electron chi connectivity index (χ0n) is 11.9. The van der Waals surface area contributed by atoms with Crippen molar-refractivity contribution in [3.05, 3.63) is 40.5 Å². The van der Waals surface area contributed by atoms with Crippen LogP contribution in [-0.4, -0.2) is 21.2 Å². The van der Waals surface area contributed by atoms with Crippen molar-refractivity contribution in [2.45, 2.75) is 36.8 Å². The lowest BCUT2D eigenvalue weighted by Gasteiger charge is -2.10. The van der Waals surface area contributed by atoms with Crippen LogP contribution in [0.5, 0.6) is 0 Å². The van der Waals surface area contributed by atoms with Gasteiger partial charge in [0.15, 0.2) is 5.82 Å². The van der Waals surface area contributed by atoms with E-state index in [0.717, 1.165) is 4.90 Å². The molecule has 2 rings (SSSR count). The van der Waals surface area contributed by atoms with Crippen molar-refractivity contribution in [2.75, 3.05) is 0 Å². The fraction of sp³-hybridized carbons (Fsp3) is 0.357. The van der Waals surface area contributed by atoms with Gasteiger partial charge < -0.3 is 9.63 Å². The zero-order chi connectivity index (χ0) is 15.6. The molecule has 0 aliphatic rings. The Bertz CT molecular complexity index is 664. The summed E-state index contributed by atoms with van der Waals surface area (Å²) in [5, 5.41) is 13.2. The Kier molecular flexibility index (Phi) is 4.58. The first-order valence-corrected chi connectivity index (χ1v) is 7.62. The number of hydrogen-bond donors (Lipinski definition) is 1. The van der Waals surface area contributed by atoms with Crippen molar-refractivity contribution >= 4 is 29.3 Å². The Morgan fingerprint density at radius 1 is 1.43 bits per heavy atom. The second kappa shape index (κ2) is 6.07. The molecule has 1 aromatic carbocycles. The predicted octanol–water partition coefficient (Wildman–Crippen LogP) is 4.01. The molecule has 112 valence electrons. The highest BCUT2D eigenvalue weighted by molar-refractivity contribution is 7.98. The second-order valence-electron chi connectivity index (χ2n) is 5.50. The molecule has 7 heteroatoms. The van der Waals surface area contributed by atoms with E-state index in [1.54, 1.807) is 12.1 Å². The van der Waals surface area contributed by atoms with E-state index in [0.29, 0.717) is 17.5 Å².